The first kappa shape index (κ1) is 27.3. The van der Waals surface area contributed by atoms with Gasteiger partial charge in [0.25, 0.3) is 15.9 Å². The number of piperidine rings is 1. The molecule has 10 nitrogen and oxygen atoms in total. The molecule has 0 spiro atoms. The van der Waals surface area contributed by atoms with Crippen LogP contribution in [0.1, 0.15) is 36.5 Å². The Kier molecular flexibility index (Phi) is 8.11. The van der Waals surface area contributed by atoms with Crippen molar-refractivity contribution in [2.75, 3.05) is 41.2 Å². The minimum Gasteiger partial charge on any atom is -0.486 e. The van der Waals surface area contributed by atoms with Crippen LogP contribution in [-0.2, 0) is 19.6 Å². The summed E-state index contributed by atoms with van der Waals surface area (Å²) in [5.74, 6) is -0.570. The third kappa shape index (κ3) is 6.31. The molecule has 2 N–H and O–H groups in total. The molecule has 210 valence electrons. The van der Waals surface area contributed by atoms with E-state index in [1.165, 1.54) is 56.5 Å². The molecule has 0 aromatic heterocycles. The van der Waals surface area contributed by atoms with E-state index in [1.807, 2.05) is 24.3 Å². The van der Waals surface area contributed by atoms with Gasteiger partial charge in [0.05, 0.1) is 16.1 Å². The number of hydrogen-bond acceptors (Lipinski definition) is 8. The molecular formula is C29H31N3O7S. The molecule has 1 atom stereocenters. The van der Waals surface area contributed by atoms with Crippen LogP contribution in [0, 0.1) is 0 Å². The van der Waals surface area contributed by atoms with E-state index in [-0.39, 0.29) is 16.1 Å². The molecule has 0 unspecified atom stereocenters. The number of carbonyl (C=O) groups excluding carboxylic acids is 2. The van der Waals surface area contributed by atoms with E-state index < -0.39 is 28.0 Å². The predicted octanol–water partition coefficient (Wildman–Crippen LogP) is 4.43. The van der Waals surface area contributed by atoms with Crippen molar-refractivity contribution in [1.29, 1.82) is 0 Å². The Morgan fingerprint density at radius 2 is 1.60 bits per heavy atom. The fraction of sp³-hybridized carbons (Fsp3) is 0.310. The lowest BCUT2D eigenvalue weighted by molar-refractivity contribution is -0.123. The first-order valence-electron chi connectivity index (χ1n) is 13.2. The van der Waals surface area contributed by atoms with Crippen LogP contribution in [0.25, 0.3) is 0 Å². The third-order valence-corrected chi connectivity index (χ3v) is 8.09. The second-order valence-electron chi connectivity index (χ2n) is 9.59. The number of para-hydroxylation sites is 1. The van der Waals surface area contributed by atoms with Gasteiger partial charge in [0.1, 0.15) is 13.2 Å². The summed E-state index contributed by atoms with van der Waals surface area (Å²) in [4.78, 5) is 28.0. The normalized spacial score (nSPS) is 15.6. The summed E-state index contributed by atoms with van der Waals surface area (Å²) < 4.78 is 44.9. The number of benzene rings is 3. The van der Waals surface area contributed by atoms with Crippen LogP contribution in [-0.4, -0.2) is 52.7 Å². The van der Waals surface area contributed by atoms with Gasteiger partial charge in [0.15, 0.2) is 17.6 Å². The highest BCUT2D eigenvalue weighted by Gasteiger charge is 2.25. The van der Waals surface area contributed by atoms with E-state index >= 15 is 0 Å². The van der Waals surface area contributed by atoms with Gasteiger partial charge in [0, 0.05) is 30.5 Å². The average Bonchev–Trinajstić information content (AvgIpc) is 2.97. The number of amides is 1. The Morgan fingerprint density at radius 3 is 2.35 bits per heavy atom. The van der Waals surface area contributed by atoms with Crippen LogP contribution in [0.4, 0.5) is 17.1 Å². The Bertz CT molecular complexity index is 1490. The van der Waals surface area contributed by atoms with Crippen molar-refractivity contribution < 1.29 is 32.2 Å². The van der Waals surface area contributed by atoms with Gasteiger partial charge in [-0.25, -0.2) is 13.2 Å². The molecule has 0 bridgehead atoms. The van der Waals surface area contributed by atoms with Crippen LogP contribution >= 0.6 is 0 Å². The molecule has 11 heteroatoms. The van der Waals surface area contributed by atoms with Crippen molar-refractivity contribution in [2.24, 2.45) is 0 Å². The van der Waals surface area contributed by atoms with E-state index in [4.69, 9.17) is 14.2 Å². The highest BCUT2D eigenvalue weighted by molar-refractivity contribution is 7.92. The summed E-state index contributed by atoms with van der Waals surface area (Å²) in [6, 6.07) is 17.9. The van der Waals surface area contributed by atoms with Crippen molar-refractivity contribution in [2.45, 2.75) is 37.2 Å². The van der Waals surface area contributed by atoms with Crippen molar-refractivity contribution in [3.8, 4) is 11.5 Å². The summed E-state index contributed by atoms with van der Waals surface area (Å²) in [7, 11) is -4.08. The minimum atomic E-state index is -4.08. The number of sulfonamides is 1. The summed E-state index contributed by atoms with van der Waals surface area (Å²) in [6.07, 6.45) is 2.46. The maximum absolute atomic E-state index is 13.1. The van der Waals surface area contributed by atoms with Crippen LogP contribution < -0.4 is 24.4 Å². The number of esters is 1. The molecule has 1 amide bonds. The van der Waals surface area contributed by atoms with Crippen molar-refractivity contribution in [3.05, 3.63) is 72.3 Å². The maximum Gasteiger partial charge on any atom is 0.341 e. The van der Waals surface area contributed by atoms with E-state index in [1.54, 1.807) is 12.1 Å². The summed E-state index contributed by atoms with van der Waals surface area (Å²) >= 11 is 0. The lowest BCUT2D eigenvalue weighted by atomic mass is 10.1. The van der Waals surface area contributed by atoms with Gasteiger partial charge < -0.3 is 24.4 Å². The highest BCUT2D eigenvalue weighted by atomic mass is 32.2. The zero-order valence-electron chi connectivity index (χ0n) is 22.1. The number of hydrogen-bond donors (Lipinski definition) is 2. The van der Waals surface area contributed by atoms with E-state index in [0.717, 1.165) is 18.8 Å². The number of nitrogens with zero attached hydrogens (tertiary/aromatic N) is 1. The summed E-state index contributed by atoms with van der Waals surface area (Å²) in [5.41, 5.74) is 1.67. The molecule has 0 radical (unpaired) electrons. The van der Waals surface area contributed by atoms with Gasteiger partial charge in [-0.2, -0.15) is 0 Å². The number of fused-ring (bicyclic) bond motifs is 1. The molecule has 0 aliphatic carbocycles. The largest absolute Gasteiger partial charge is 0.486 e. The molecule has 5 rings (SSSR count). The molecule has 0 saturated carbocycles. The van der Waals surface area contributed by atoms with Crippen LogP contribution in [0.2, 0.25) is 0 Å². The molecule has 2 aliphatic heterocycles. The molecule has 40 heavy (non-hydrogen) atoms. The fourth-order valence-corrected chi connectivity index (χ4v) is 5.67. The number of anilines is 3. The Morgan fingerprint density at radius 1 is 0.900 bits per heavy atom. The number of nitrogens with one attached hydrogen (secondary N) is 2. The fourth-order valence-electron chi connectivity index (χ4n) is 4.57. The topological polar surface area (TPSA) is 123 Å². The Balaban J connectivity index is 1.23. The molecule has 2 heterocycles. The Hall–Kier alpha value is -4.25. The molecular weight excluding hydrogens is 534 g/mol. The van der Waals surface area contributed by atoms with Gasteiger partial charge >= 0.3 is 5.97 Å². The quantitative estimate of drug-likeness (QED) is 0.385. The average molecular weight is 566 g/mol. The van der Waals surface area contributed by atoms with Crippen LogP contribution in [0.15, 0.2) is 71.6 Å². The summed E-state index contributed by atoms with van der Waals surface area (Å²) in [5, 5.41) is 2.76. The van der Waals surface area contributed by atoms with Gasteiger partial charge in [-0.15, -0.1) is 0 Å². The lowest BCUT2D eigenvalue weighted by Crippen LogP contribution is -2.30. The number of carbonyl (C=O) groups is 2. The Labute approximate surface area is 233 Å². The first-order chi connectivity index (χ1) is 19.3. The van der Waals surface area contributed by atoms with Gasteiger partial charge in [-0.05, 0) is 74.7 Å². The first-order valence-corrected chi connectivity index (χ1v) is 14.7. The van der Waals surface area contributed by atoms with Crippen LogP contribution in [0.3, 0.4) is 0 Å². The summed E-state index contributed by atoms with van der Waals surface area (Å²) in [6.45, 7) is 4.19. The molecule has 3 aromatic rings. The number of ether oxygens (including phenoxy) is 3. The van der Waals surface area contributed by atoms with E-state index in [0.29, 0.717) is 30.4 Å². The highest BCUT2D eigenvalue weighted by Crippen LogP contribution is 2.33. The number of rotatable bonds is 8. The van der Waals surface area contributed by atoms with E-state index in [2.05, 4.69) is 14.9 Å². The maximum atomic E-state index is 13.1. The van der Waals surface area contributed by atoms with Gasteiger partial charge in [0.2, 0.25) is 0 Å². The smallest absolute Gasteiger partial charge is 0.341 e. The zero-order valence-corrected chi connectivity index (χ0v) is 22.9. The van der Waals surface area contributed by atoms with Crippen molar-refractivity contribution in [3.63, 3.8) is 0 Å². The minimum absolute atomic E-state index is 0.0169. The second kappa shape index (κ2) is 11.9. The van der Waals surface area contributed by atoms with Crippen LogP contribution in [0.5, 0.6) is 11.5 Å². The molecule has 1 fully saturated rings. The van der Waals surface area contributed by atoms with Crippen molar-refractivity contribution >= 4 is 39.0 Å². The zero-order chi connectivity index (χ0) is 28.1. The van der Waals surface area contributed by atoms with Crippen molar-refractivity contribution in [1.82, 2.24) is 0 Å². The standard InChI is InChI=1S/C29H31N3O7S/c1-20(28(33)30-21-9-11-22(12-10-21)32-15-5-2-6-16-32)39-29(34)24-7-3-4-8-25(24)31-40(35,36)23-13-14-26-27(19-23)38-18-17-37-26/h3-4,7-14,19-20,31H,2,5-6,15-18H2,1H3,(H,30,33)/t20-/m0/s1. The monoisotopic (exact) mass is 565 g/mol. The second-order valence-corrected chi connectivity index (χ2v) is 11.3. The van der Waals surface area contributed by atoms with Gasteiger partial charge in [-0.3, -0.25) is 9.52 Å². The molecule has 1 saturated heterocycles. The molecule has 3 aromatic carbocycles. The predicted molar refractivity (Wildman–Crippen MR) is 151 cm³/mol. The third-order valence-electron chi connectivity index (χ3n) is 6.72. The van der Waals surface area contributed by atoms with Gasteiger partial charge in [-0.1, -0.05) is 12.1 Å². The van der Waals surface area contributed by atoms with E-state index in [9.17, 15) is 18.0 Å². The SMILES string of the molecule is C[C@H](OC(=O)c1ccccc1NS(=O)(=O)c1ccc2c(c1)OCCO2)C(=O)Nc1ccc(N2CCCCC2)cc1. The lowest BCUT2D eigenvalue weighted by Gasteiger charge is -2.28. The molecule has 2 aliphatic rings.